The minimum absolute atomic E-state index is 0.588. The van der Waals surface area contributed by atoms with Gasteiger partial charge in [0.2, 0.25) is 0 Å². The van der Waals surface area contributed by atoms with Gasteiger partial charge in [-0.15, -0.1) is 0 Å². The van der Waals surface area contributed by atoms with Crippen LogP contribution in [0.15, 0.2) is 144 Å². The van der Waals surface area contributed by atoms with Crippen LogP contribution in [0.1, 0.15) is 22.3 Å². The SMILES string of the molecule is c1ccc(N2c3ccccc3C3(c4ccccc4Oc4cc5oc6ccccc6c5cc43)c3ccccc32)cc1. The number of rotatable bonds is 1. The first-order valence-corrected chi connectivity index (χ1v) is 13.6. The fraction of sp³-hybridized carbons (Fsp3) is 0.0270. The predicted molar refractivity (Wildman–Crippen MR) is 160 cm³/mol. The quantitative estimate of drug-likeness (QED) is 0.218. The molecule has 7 aromatic rings. The largest absolute Gasteiger partial charge is 0.457 e. The molecule has 0 bridgehead atoms. The molecule has 3 heterocycles. The van der Waals surface area contributed by atoms with Gasteiger partial charge in [0.25, 0.3) is 0 Å². The van der Waals surface area contributed by atoms with Crippen molar-refractivity contribution in [1.29, 1.82) is 0 Å². The molecule has 1 spiro atoms. The van der Waals surface area contributed by atoms with E-state index in [4.69, 9.17) is 9.15 Å². The van der Waals surface area contributed by atoms with Crippen molar-refractivity contribution in [3.63, 3.8) is 0 Å². The molecule has 188 valence electrons. The molecule has 0 N–H and O–H groups in total. The Balaban J connectivity index is 1.47. The van der Waals surface area contributed by atoms with E-state index in [2.05, 4.69) is 126 Å². The van der Waals surface area contributed by atoms with Crippen molar-refractivity contribution in [2.75, 3.05) is 4.90 Å². The second-order valence-electron chi connectivity index (χ2n) is 10.5. The summed E-state index contributed by atoms with van der Waals surface area (Å²) in [6.45, 7) is 0. The van der Waals surface area contributed by atoms with Gasteiger partial charge in [-0.1, -0.05) is 91.0 Å². The summed E-state index contributed by atoms with van der Waals surface area (Å²) in [7, 11) is 0. The third-order valence-corrected chi connectivity index (χ3v) is 8.51. The van der Waals surface area contributed by atoms with Crippen molar-refractivity contribution >= 4 is 39.0 Å². The highest BCUT2D eigenvalue weighted by molar-refractivity contribution is 6.06. The zero-order valence-electron chi connectivity index (χ0n) is 21.5. The average molecular weight is 514 g/mol. The lowest BCUT2D eigenvalue weighted by Gasteiger charge is -2.48. The molecule has 40 heavy (non-hydrogen) atoms. The highest BCUT2D eigenvalue weighted by atomic mass is 16.5. The summed E-state index contributed by atoms with van der Waals surface area (Å²) in [4.78, 5) is 2.39. The van der Waals surface area contributed by atoms with E-state index in [1.165, 1.54) is 11.1 Å². The van der Waals surface area contributed by atoms with Gasteiger partial charge in [-0.25, -0.2) is 0 Å². The van der Waals surface area contributed by atoms with E-state index in [1.54, 1.807) is 0 Å². The maximum atomic E-state index is 6.68. The lowest BCUT2D eigenvalue weighted by atomic mass is 9.61. The van der Waals surface area contributed by atoms with Crippen molar-refractivity contribution in [2.24, 2.45) is 0 Å². The maximum Gasteiger partial charge on any atom is 0.139 e. The number of benzene rings is 6. The van der Waals surface area contributed by atoms with E-state index in [0.29, 0.717) is 0 Å². The second kappa shape index (κ2) is 7.87. The van der Waals surface area contributed by atoms with Crippen molar-refractivity contribution < 1.29 is 9.15 Å². The van der Waals surface area contributed by atoms with Gasteiger partial charge in [0, 0.05) is 33.7 Å². The third-order valence-electron chi connectivity index (χ3n) is 8.51. The van der Waals surface area contributed by atoms with Crippen molar-refractivity contribution in [1.82, 2.24) is 0 Å². The van der Waals surface area contributed by atoms with Crippen molar-refractivity contribution in [3.05, 3.63) is 162 Å². The molecule has 6 aromatic carbocycles. The molecule has 0 unspecified atom stereocenters. The molecule has 3 heteroatoms. The van der Waals surface area contributed by atoms with Crippen molar-refractivity contribution in [3.8, 4) is 11.5 Å². The molecule has 0 radical (unpaired) electrons. The van der Waals surface area contributed by atoms with Crippen LogP contribution in [-0.4, -0.2) is 0 Å². The first-order valence-electron chi connectivity index (χ1n) is 13.6. The topological polar surface area (TPSA) is 25.6 Å². The van der Waals surface area contributed by atoms with E-state index in [0.717, 1.165) is 61.6 Å². The van der Waals surface area contributed by atoms with E-state index in [1.807, 2.05) is 18.2 Å². The van der Waals surface area contributed by atoms with Crippen LogP contribution in [0, 0.1) is 0 Å². The van der Waals surface area contributed by atoms with Gasteiger partial charge in [-0.05, 0) is 53.6 Å². The average Bonchev–Trinajstić information content (AvgIpc) is 3.38. The molecule has 0 atom stereocenters. The number of hydrogen-bond acceptors (Lipinski definition) is 3. The fourth-order valence-corrected chi connectivity index (χ4v) is 6.94. The Morgan fingerprint density at radius 2 is 1.07 bits per heavy atom. The Kier molecular flexibility index (Phi) is 4.26. The number of para-hydroxylation sites is 5. The number of anilines is 3. The molecule has 0 fully saturated rings. The van der Waals surface area contributed by atoms with Gasteiger partial charge in [0.05, 0.1) is 16.8 Å². The van der Waals surface area contributed by atoms with Crippen LogP contribution in [0.4, 0.5) is 17.1 Å². The third kappa shape index (κ3) is 2.69. The first kappa shape index (κ1) is 21.6. The van der Waals surface area contributed by atoms with Crippen LogP contribution in [0.3, 0.4) is 0 Å². The Morgan fingerprint density at radius 3 is 1.85 bits per heavy atom. The lowest BCUT2D eigenvalue weighted by molar-refractivity contribution is 0.434. The molecule has 2 aliphatic rings. The summed E-state index contributed by atoms with van der Waals surface area (Å²) in [6.07, 6.45) is 0. The monoisotopic (exact) mass is 513 g/mol. The Morgan fingerprint density at radius 1 is 0.450 bits per heavy atom. The predicted octanol–water partition coefficient (Wildman–Crippen LogP) is 9.86. The molecular weight excluding hydrogens is 490 g/mol. The summed E-state index contributed by atoms with van der Waals surface area (Å²) >= 11 is 0. The first-order chi connectivity index (χ1) is 19.8. The Bertz CT molecular complexity index is 2060. The van der Waals surface area contributed by atoms with Crippen molar-refractivity contribution in [2.45, 2.75) is 5.41 Å². The number of nitrogens with zero attached hydrogens (tertiary/aromatic N) is 1. The number of ether oxygens (including phenoxy) is 1. The van der Waals surface area contributed by atoms with Crippen LogP contribution < -0.4 is 9.64 Å². The molecule has 0 saturated heterocycles. The summed E-state index contributed by atoms with van der Waals surface area (Å²) in [5, 5.41) is 2.20. The zero-order chi connectivity index (χ0) is 26.3. The van der Waals surface area contributed by atoms with Crippen LogP contribution >= 0.6 is 0 Å². The summed E-state index contributed by atoms with van der Waals surface area (Å²) in [5.74, 6) is 1.69. The van der Waals surface area contributed by atoms with Crippen LogP contribution in [-0.2, 0) is 5.41 Å². The van der Waals surface area contributed by atoms with Gasteiger partial charge in [-0.3, -0.25) is 0 Å². The highest BCUT2D eigenvalue weighted by Gasteiger charge is 2.51. The molecule has 0 aliphatic carbocycles. The van der Waals surface area contributed by atoms with Gasteiger partial charge < -0.3 is 14.1 Å². The molecule has 3 nitrogen and oxygen atoms in total. The number of fused-ring (bicyclic) bond motifs is 11. The number of hydrogen-bond donors (Lipinski definition) is 0. The number of furan rings is 1. The van der Waals surface area contributed by atoms with E-state index >= 15 is 0 Å². The Hall–Kier alpha value is -5.28. The smallest absolute Gasteiger partial charge is 0.139 e. The van der Waals surface area contributed by atoms with Gasteiger partial charge >= 0.3 is 0 Å². The fourth-order valence-electron chi connectivity index (χ4n) is 6.94. The zero-order valence-corrected chi connectivity index (χ0v) is 21.5. The standard InChI is InChI=1S/C37H23NO2/c1-2-12-24(13-3-1)38-31-18-8-5-15-27(31)37(28-16-6-9-19-32(28)38)29-17-7-11-21-34(29)40-36-23-35-26(22-30(36)37)25-14-4-10-20-33(25)39-35/h1-23H. The van der Waals surface area contributed by atoms with Crippen LogP contribution in [0.25, 0.3) is 21.9 Å². The van der Waals surface area contributed by atoms with E-state index in [9.17, 15) is 0 Å². The van der Waals surface area contributed by atoms with Gasteiger partial charge in [0.15, 0.2) is 0 Å². The molecule has 1 aromatic heterocycles. The van der Waals surface area contributed by atoms with Gasteiger partial charge in [0.1, 0.15) is 22.7 Å². The summed E-state index contributed by atoms with van der Waals surface area (Å²) in [5.41, 5.74) is 9.29. The van der Waals surface area contributed by atoms with Crippen LogP contribution in [0.2, 0.25) is 0 Å². The Labute approximate surface area is 231 Å². The normalized spacial score (nSPS) is 14.3. The maximum absolute atomic E-state index is 6.68. The molecule has 9 rings (SSSR count). The molecule has 0 amide bonds. The summed E-state index contributed by atoms with van der Waals surface area (Å²) < 4.78 is 13.0. The molecular formula is C37H23NO2. The minimum atomic E-state index is -0.588. The van der Waals surface area contributed by atoms with Gasteiger partial charge in [-0.2, -0.15) is 0 Å². The van der Waals surface area contributed by atoms with E-state index < -0.39 is 5.41 Å². The highest BCUT2D eigenvalue weighted by Crippen LogP contribution is 2.63. The molecule has 2 aliphatic heterocycles. The lowest BCUT2D eigenvalue weighted by Crippen LogP contribution is -2.39. The van der Waals surface area contributed by atoms with Crippen LogP contribution in [0.5, 0.6) is 11.5 Å². The van der Waals surface area contributed by atoms with E-state index in [-0.39, 0.29) is 0 Å². The molecule has 0 saturated carbocycles. The second-order valence-corrected chi connectivity index (χ2v) is 10.5. The minimum Gasteiger partial charge on any atom is -0.457 e. The summed E-state index contributed by atoms with van der Waals surface area (Å²) in [6, 6.07) is 49.4.